The molecule has 0 aromatic carbocycles. The van der Waals surface area contributed by atoms with Gasteiger partial charge >= 0.3 is 0 Å². The van der Waals surface area contributed by atoms with Crippen LogP contribution >= 0.6 is 0 Å². The van der Waals surface area contributed by atoms with Gasteiger partial charge in [0, 0.05) is 13.2 Å². The summed E-state index contributed by atoms with van der Waals surface area (Å²) in [5, 5.41) is 2.79. The molecule has 1 aliphatic rings. The normalized spacial score (nSPS) is 17.0. The molecule has 4 heteroatoms. The highest BCUT2D eigenvalue weighted by Gasteiger charge is 2.13. The summed E-state index contributed by atoms with van der Waals surface area (Å²) in [7, 11) is 0. The van der Waals surface area contributed by atoms with Crippen LogP contribution in [0.5, 0.6) is 0 Å². The van der Waals surface area contributed by atoms with Crippen molar-refractivity contribution in [2.45, 2.75) is 51.6 Å². The van der Waals surface area contributed by atoms with E-state index in [0.29, 0.717) is 25.9 Å². The van der Waals surface area contributed by atoms with Gasteiger partial charge in [-0.05, 0) is 19.3 Å². The number of hydrogen-bond donors (Lipinski definition) is 1. The van der Waals surface area contributed by atoms with Crippen molar-refractivity contribution < 1.29 is 14.3 Å². The van der Waals surface area contributed by atoms with E-state index in [9.17, 15) is 4.79 Å². The van der Waals surface area contributed by atoms with Crippen molar-refractivity contribution in [2.24, 2.45) is 0 Å². The molecule has 0 bridgehead atoms. The van der Waals surface area contributed by atoms with Crippen LogP contribution in [0.25, 0.3) is 0 Å². The summed E-state index contributed by atoms with van der Waals surface area (Å²) < 4.78 is 10.8. The first-order valence-electron chi connectivity index (χ1n) is 6.79. The van der Waals surface area contributed by atoms with Crippen molar-refractivity contribution >= 4 is 5.91 Å². The SMILES string of the molecule is CCCOCC(=O)NCCOC1CCCCC1. The van der Waals surface area contributed by atoms with E-state index in [1.165, 1.54) is 32.1 Å². The zero-order chi connectivity index (χ0) is 12.3. The third-order valence-electron chi connectivity index (χ3n) is 2.91. The molecule has 1 amide bonds. The second-order valence-corrected chi connectivity index (χ2v) is 4.53. The van der Waals surface area contributed by atoms with Crippen molar-refractivity contribution in [3.05, 3.63) is 0 Å². The smallest absolute Gasteiger partial charge is 0.246 e. The first-order chi connectivity index (χ1) is 8.33. The summed E-state index contributed by atoms with van der Waals surface area (Å²) in [6, 6.07) is 0. The number of hydrogen-bond acceptors (Lipinski definition) is 3. The Labute approximate surface area is 104 Å². The van der Waals surface area contributed by atoms with Gasteiger partial charge in [-0.3, -0.25) is 4.79 Å². The number of carbonyl (C=O) groups excluding carboxylic acids is 1. The number of rotatable bonds is 8. The molecular formula is C13H25NO3. The van der Waals surface area contributed by atoms with Crippen LogP contribution in [0, 0.1) is 0 Å². The van der Waals surface area contributed by atoms with Crippen LogP contribution in [0.1, 0.15) is 45.4 Å². The summed E-state index contributed by atoms with van der Waals surface area (Å²) >= 11 is 0. The number of carbonyl (C=O) groups is 1. The van der Waals surface area contributed by atoms with E-state index < -0.39 is 0 Å². The lowest BCUT2D eigenvalue weighted by molar-refractivity contribution is -0.126. The van der Waals surface area contributed by atoms with Gasteiger partial charge in [0.1, 0.15) is 6.61 Å². The molecule has 1 saturated carbocycles. The van der Waals surface area contributed by atoms with Crippen molar-refractivity contribution in [3.8, 4) is 0 Å². The molecule has 0 aromatic rings. The van der Waals surface area contributed by atoms with Gasteiger partial charge in [0.05, 0.1) is 12.7 Å². The van der Waals surface area contributed by atoms with Crippen molar-refractivity contribution in [1.82, 2.24) is 5.32 Å². The standard InChI is InChI=1S/C13H25NO3/c1-2-9-16-11-13(15)14-8-10-17-12-6-4-3-5-7-12/h12H,2-11H2,1H3,(H,14,15). The molecule has 1 aliphatic carbocycles. The molecule has 0 aliphatic heterocycles. The molecule has 17 heavy (non-hydrogen) atoms. The molecule has 0 unspecified atom stereocenters. The maximum atomic E-state index is 11.3. The van der Waals surface area contributed by atoms with Crippen molar-refractivity contribution in [1.29, 1.82) is 0 Å². The number of amides is 1. The van der Waals surface area contributed by atoms with E-state index in [-0.39, 0.29) is 12.5 Å². The lowest BCUT2D eigenvalue weighted by Crippen LogP contribution is -2.32. The van der Waals surface area contributed by atoms with E-state index in [4.69, 9.17) is 9.47 Å². The van der Waals surface area contributed by atoms with Gasteiger partial charge in [-0.25, -0.2) is 0 Å². The Hall–Kier alpha value is -0.610. The molecule has 1 fully saturated rings. The predicted octanol–water partition coefficient (Wildman–Crippen LogP) is 1.88. The fourth-order valence-electron chi connectivity index (χ4n) is 2.01. The summed E-state index contributed by atoms with van der Waals surface area (Å²) in [6.45, 7) is 4.04. The Morgan fingerprint density at radius 1 is 1.24 bits per heavy atom. The van der Waals surface area contributed by atoms with Crippen LogP contribution in [0.3, 0.4) is 0 Å². The predicted molar refractivity (Wildman–Crippen MR) is 66.9 cm³/mol. The Balaban J connectivity index is 1.90. The topological polar surface area (TPSA) is 47.6 Å². The van der Waals surface area contributed by atoms with Gasteiger partial charge in [0.15, 0.2) is 0 Å². The second kappa shape index (κ2) is 9.42. The Morgan fingerprint density at radius 2 is 2.00 bits per heavy atom. The molecule has 4 nitrogen and oxygen atoms in total. The Kier molecular flexibility index (Phi) is 8.01. The lowest BCUT2D eigenvalue weighted by Gasteiger charge is -2.21. The van der Waals surface area contributed by atoms with Gasteiger partial charge in [-0.2, -0.15) is 0 Å². The second-order valence-electron chi connectivity index (χ2n) is 4.53. The summed E-state index contributed by atoms with van der Waals surface area (Å²) in [4.78, 5) is 11.3. The first kappa shape index (κ1) is 14.5. The minimum absolute atomic E-state index is 0.0503. The minimum atomic E-state index is -0.0503. The molecule has 0 saturated heterocycles. The van der Waals surface area contributed by atoms with Crippen LogP contribution in [-0.4, -0.2) is 38.4 Å². The number of nitrogens with one attached hydrogen (secondary N) is 1. The molecule has 0 atom stereocenters. The van der Waals surface area contributed by atoms with E-state index >= 15 is 0 Å². The molecule has 0 radical (unpaired) electrons. The van der Waals surface area contributed by atoms with Crippen molar-refractivity contribution in [3.63, 3.8) is 0 Å². The fraction of sp³-hybridized carbons (Fsp3) is 0.923. The van der Waals surface area contributed by atoms with Gasteiger partial charge in [0.2, 0.25) is 5.91 Å². The summed E-state index contributed by atoms with van der Waals surface area (Å²) in [5.74, 6) is -0.0503. The summed E-state index contributed by atoms with van der Waals surface area (Å²) in [6.07, 6.45) is 7.60. The van der Waals surface area contributed by atoms with Gasteiger partial charge in [-0.1, -0.05) is 26.2 Å². The lowest BCUT2D eigenvalue weighted by atomic mass is 9.98. The minimum Gasteiger partial charge on any atom is -0.376 e. The quantitative estimate of drug-likeness (QED) is 0.662. The third kappa shape index (κ3) is 7.34. The number of ether oxygens (including phenoxy) is 2. The van der Waals surface area contributed by atoms with E-state index in [0.717, 1.165) is 6.42 Å². The summed E-state index contributed by atoms with van der Waals surface area (Å²) in [5.41, 5.74) is 0. The molecular weight excluding hydrogens is 218 g/mol. The van der Waals surface area contributed by atoms with E-state index in [2.05, 4.69) is 5.32 Å². The maximum Gasteiger partial charge on any atom is 0.246 e. The monoisotopic (exact) mass is 243 g/mol. The molecule has 0 spiro atoms. The molecule has 0 heterocycles. The van der Waals surface area contributed by atoms with Gasteiger partial charge in [0.25, 0.3) is 0 Å². The van der Waals surface area contributed by atoms with Crippen LogP contribution in [0.2, 0.25) is 0 Å². The first-order valence-corrected chi connectivity index (χ1v) is 6.79. The van der Waals surface area contributed by atoms with Crippen LogP contribution in [0.4, 0.5) is 0 Å². The van der Waals surface area contributed by atoms with E-state index in [1.807, 2.05) is 6.92 Å². The molecule has 0 aromatic heterocycles. The largest absolute Gasteiger partial charge is 0.376 e. The van der Waals surface area contributed by atoms with Crippen LogP contribution in [-0.2, 0) is 14.3 Å². The average molecular weight is 243 g/mol. The van der Waals surface area contributed by atoms with Crippen LogP contribution in [0.15, 0.2) is 0 Å². The highest BCUT2D eigenvalue weighted by Crippen LogP contribution is 2.19. The Morgan fingerprint density at radius 3 is 2.71 bits per heavy atom. The highest BCUT2D eigenvalue weighted by molar-refractivity contribution is 5.77. The van der Waals surface area contributed by atoms with Gasteiger partial charge < -0.3 is 14.8 Å². The third-order valence-corrected chi connectivity index (χ3v) is 2.91. The molecule has 100 valence electrons. The molecule has 1 N–H and O–H groups in total. The fourth-order valence-corrected chi connectivity index (χ4v) is 2.01. The molecule has 1 rings (SSSR count). The zero-order valence-electron chi connectivity index (χ0n) is 10.9. The van der Waals surface area contributed by atoms with Gasteiger partial charge in [-0.15, -0.1) is 0 Å². The zero-order valence-corrected chi connectivity index (χ0v) is 10.9. The van der Waals surface area contributed by atoms with E-state index in [1.54, 1.807) is 0 Å². The maximum absolute atomic E-state index is 11.3. The van der Waals surface area contributed by atoms with Crippen LogP contribution < -0.4 is 5.32 Å². The highest BCUT2D eigenvalue weighted by atomic mass is 16.5. The average Bonchev–Trinajstić information content (AvgIpc) is 2.36. The Bertz CT molecular complexity index is 203. The van der Waals surface area contributed by atoms with Crippen molar-refractivity contribution in [2.75, 3.05) is 26.4 Å².